The summed E-state index contributed by atoms with van der Waals surface area (Å²) < 4.78 is 0.863. The summed E-state index contributed by atoms with van der Waals surface area (Å²) in [4.78, 5) is 11.4. The zero-order valence-corrected chi connectivity index (χ0v) is 12.2. The van der Waals surface area contributed by atoms with Crippen molar-refractivity contribution in [2.45, 2.75) is 26.3 Å². The van der Waals surface area contributed by atoms with Crippen LogP contribution in [0.4, 0.5) is 5.69 Å². The Kier molecular flexibility index (Phi) is 5.78. The lowest BCUT2D eigenvalue weighted by molar-refractivity contribution is -0.121. The van der Waals surface area contributed by atoms with Gasteiger partial charge in [0.1, 0.15) is 0 Å². The fourth-order valence-electron chi connectivity index (χ4n) is 1.32. The maximum atomic E-state index is 11.4. The first kappa shape index (κ1) is 14.3. The molecular formula is C12H16BrClN2O. The number of halogens is 2. The van der Waals surface area contributed by atoms with Crippen LogP contribution in [-0.4, -0.2) is 18.5 Å². The van der Waals surface area contributed by atoms with Crippen LogP contribution in [0.3, 0.4) is 0 Å². The van der Waals surface area contributed by atoms with Gasteiger partial charge in [0.05, 0.1) is 5.02 Å². The Morgan fingerprint density at radius 3 is 2.76 bits per heavy atom. The van der Waals surface area contributed by atoms with Crippen LogP contribution in [-0.2, 0) is 4.79 Å². The third-order valence-electron chi connectivity index (χ3n) is 2.05. The molecule has 0 atom stereocenters. The van der Waals surface area contributed by atoms with Crippen LogP contribution < -0.4 is 10.6 Å². The molecule has 0 fully saturated rings. The first-order valence-corrected chi connectivity index (χ1v) is 6.64. The molecule has 0 bridgehead atoms. The molecule has 1 aromatic carbocycles. The fraction of sp³-hybridized carbons (Fsp3) is 0.417. The molecule has 0 aliphatic heterocycles. The Labute approximate surface area is 115 Å². The Hall–Kier alpha value is -0.740. The fourth-order valence-corrected chi connectivity index (χ4v) is 1.75. The Morgan fingerprint density at radius 2 is 2.18 bits per heavy atom. The average molecular weight is 320 g/mol. The summed E-state index contributed by atoms with van der Waals surface area (Å²) in [5.74, 6) is 0.0516. The van der Waals surface area contributed by atoms with E-state index in [1.807, 2.05) is 32.0 Å². The number of carbonyl (C=O) groups is 1. The number of nitrogens with one attached hydrogen (secondary N) is 2. The predicted octanol–water partition coefficient (Wildman–Crippen LogP) is 3.43. The van der Waals surface area contributed by atoms with E-state index < -0.39 is 0 Å². The third-order valence-corrected chi connectivity index (χ3v) is 3.28. The first-order valence-electron chi connectivity index (χ1n) is 5.47. The molecule has 5 heteroatoms. The van der Waals surface area contributed by atoms with Crippen LogP contribution in [0.1, 0.15) is 20.3 Å². The molecule has 2 N–H and O–H groups in total. The van der Waals surface area contributed by atoms with E-state index in [2.05, 4.69) is 26.6 Å². The number of anilines is 1. The standard InChI is InChI=1S/C12H16BrClN2O/c1-8(2)16-12(17)5-6-15-9-3-4-10(13)11(14)7-9/h3-4,7-8,15H,5-6H2,1-2H3,(H,16,17). The molecule has 94 valence electrons. The molecule has 0 saturated heterocycles. The summed E-state index contributed by atoms with van der Waals surface area (Å²) in [5.41, 5.74) is 0.913. The van der Waals surface area contributed by atoms with Crippen LogP contribution in [0.15, 0.2) is 22.7 Å². The largest absolute Gasteiger partial charge is 0.384 e. The van der Waals surface area contributed by atoms with Crippen LogP contribution >= 0.6 is 27.5 Å². The zero-order chi connectivity index (χ0) is 12.8. The van der Waals surface area contributed by atoms with Gasteiger partial charge in [-0.2, -0.15) is 0 Å². The van der Waals surface area contributed by atoms with E-state index in [1.54, 1.807) is 0 Å². The lowest BCUT2D eigenvalue weighted by atomic mass is 10.3. The Morgan fingerprint density at radius 1 is 1.47 bits per heavy atom. The molecule has 1 rings (SSSR count). The molecule has 0 unspecified atom stereocenters. The highest BCUT2D eigenvalue weighted by Crippen LogP contribution is 2.25. The topological polar surface area (TPSA) is 41.1 Å². The molecule has 0 spiro atoms. The highest BCUT2D eigenvalue weighted by Gasteiger charge is 2.03. The van der Waals surface area contributed by atoms with E-state index >= 15 is 0 Å². The van der Waals surface area contributed by atoms with Gasteiger partial charge in [-0.25, -0.2) is 0 Å². The number of hydrogen-bond donors (Lipinski definition) is 2. The quantitative estimate of drug-likeness (QED) is 0.873. The molecule has 17 heavy (non-hydrogen) atoms. The van der Waals surface area contributed by atoms with E-state index in [1.165, 1.54) is 0 Å². The summed E-state index contributed by atoms with van der Waals surface area (Å²) in [6, 6.07) is 5.80. The monoisotopic (exact) mass is 318 g/mol. The molecule has 0 aliphatic rings. The van der Waals surface area contributed by atoms with Crippen LogP contribution in [0.25, 0.3) is 0 Å². The van der Waals surface area contributed by atoms with Crippen molar-refractivity contribution in [1.29, 1.82) is 0 Å². The van der Waals surface area contributed by atoms with E-state index in [-0.39, 0.29) is 11.9 Å². The molecule has 3 nitrogen and oxygen atoms in total. The van der Waals surface area contributed by atoms with E-state index in [0.29, 0.717) is 18.0 Å². The minimum atomic E-state index is 0.0516. The van der Waals surface area contributed by atoms with Gasteiger partial charge in [0.25, 0.3) is 0 Å². The average Bonchev–Trinajstić information content (AvgIpc) is 2.22. The van der Waals surface area contributed by atoms with Crippen molar-refractivity contribution in [3.05, 3.63) is 27.7 Å². The number of rotatable bonds is 5. The molecule has 0 radical (unpaired) electrons. The second-order valence-electron chi connectivity index (χ2n) is 4.03. The van der Waals surface area contributed by atoms with Gasteiger partial charge in [0, 0.05) is 29.2 Å². The second kappa shape index (κ2) is 6.87. The summed E-state index contributed by atoms with van der Waals surface area (Å²) in [5, 5.41) is 6.64. The smallest absolute Gasteiger partial charge is 0.221 e. The predicted molar refractivity (Wildman–Crippen MR) is 75.5 cm³/mol. The van der Waals surface area contributed by atoms with Gasteiger partial charge in [-0.05, 0) is 48.0 Å². The molecule has 1 aromatic rings. The first-order chi connectivity index (χ1) is 7.99. The minimum Gasteiger partial charge on any atom is -0.384 e. The van der Waals surface area contributed by atoms with Crippen LogP contribution in [0, 0.1) is 0 Å². The lowest BCUT2D eigenvalue weighted by Crippen LogP contribution is -2.31. The molecule has 1 amide bonds. The summed E-state index contributed by atoms with van der Waals surface area (Å²) in [6.07, 6.45) is 0.450. The van der Waals surface area contributed by atoms with Crippen LogP contribution in [0.5, 0.6) is 0 Å². The third kappa shape index (κ3) is 5.41. The van der Waals surface area contributed by atoms with E-state index in [0.717, 1.165) is 10.2 Å². The molecule has 0 aliphatic carbocycles. The van der Waals surface area contributed by atoms with Gasteiger partial charge in [-0.3, -0.25) is 4.79 Å². The van der Waals surface area contributed by atoms with Gasteiger partial charge in [-0.1, -0.05) is 11.6 Å². The minimum absolute atomic E-state index is 0.0516. The Bertz CT molecular complexity index is 396. The van der Waals surface area contributed by atoms with Crippen LogP contribution in [0.2, 0.25) is 5.02 Å². The molecule has 0 heterocycles. The van der Waals surface area contributed by atoms with Crippen molar-refractivity contribution in [3.8, 4) is 0 Å². The van der Waals surface area contributed by atoms with Gasteiger partial charge in [0.15, 0.2) is 0 Å². The number of benzene rings is 1. The SMILES string of the molecule is CC(C)NC(=O)CCNc1ccc(Br)c(Cl)c1. The van der Waals surface area contributed by atoms with Gasteiger partial charge < -0.3 is 10.6 Å². The van der Waals surface area contributed by atoms with Crippen molar-refractivity contribution in [2.24, 2.45) is 0 Å². The normalized spacial score (nSPS) is 10.4. The van der Waals surface area contributed by atoms with Crippen molar-refractivity contribution in [1.82, 2.24) is 5.32 Å². The second-order valence-corrected chi connectivity index (χ2v) is 5.29. The van der Waals surface area contributed by atoms with E-state index in [9.17, 15) is 4.79 Å². The maximum Gasteiger partial charge on any atom is 0.221 e. The zero-order valence-electron chi connectivity index (χ0n) is 9.89. The summed E-state index contributed by atoms with van der Waals surface area (Å²) in [7, 11) is 0. The number of amides is 1. The van der Waals surface area contributed by atoms with Gasteiger partial charge >= 0.3 is 0 Å². The van der Waals surface area contributed by atoms with Crippen molar-refractivity contribution in [3.63, 3.8) is 0 Å². The highest BCUT2D eigenvalue weighted by molar-refractivity contribution is 9.10. The van der Waals surface area contributed by atoms with Gasteiger partial charge in [0.2, 0.25) is 5.91 Å². The number of carbonyl (C=O) groups excluding carboxylic acids is 1. The summed E-state index contributed by atoms with van der Waals surface area (Å²) >= 11 is 9.28. The van der Waals surface area contributed by atoms with Gasteiger partial charge in [-0.15, -0.1) is 0 Å². The molecule has 0 aromatic heterocycles. The molecule has 0 saturated carbocycles. The van der Waals surface area contributed by atoms with E-state index in [4.69, 9.17) is 11.6 Å². The molecular weight excluding hydrogens is 304 g/mol. The highest BCUT2D eigenvalue weighted by atomic mass is 79.9. The number of hydrogen-bond acceptors (Lipinski definition) is 2. The Balaban J connectivity index is 2.36. The maximum absolute atomic E-state index is 11.4. The van der Waals surface area contributed by atoms with Crippen molar-refractivity contribution < 1.29 is 4.79 Å². The summed E-state index contributed by atoms with van der Waals surface area (Å²) in [6.45, 7) is 4.48. The van der Waals surface area contributed by atoms with Crippen molar-refractivity contribution >= 4 is 39.1 Å². The lowest BCUT2D eigenvalue weighted by Gasteiger charge is -2.10. The van der Waals surface area contributed by atoms with Crippen molar-refractivity contribution in [2.75, 3.05) is 11.9 Å².